The number of morpholine rings is 1. The molecule has 7 heteroatoms. The van der Waals surface area contributed by atoms with E-state index in [0.29, 0.717) is 19.1 Å². The average Bonchev–Trinajstić information content (AvgIpc) is 2.45. The van der Waals surface area contributed by atoms with Gasteiger partial charge in [0, 0.05) is 45.3 Å². The van der Waals surface area contributed by atoms with Crippen molar-refractivity contribution in [2.75, 3.05) is 65.8 Å². The second-order valence-corrected chi connectivity index (χ2v) is 7.81. The van der Waals surface area contributed by atoms with Gasteiger partial charge in [-0.25, -0.2) is 12.7 Å². The van der Waals surface area contributed by atoms with Gasteiger partial charge in [-0.15, -0.1) is 0 Å². The van der Waals surface area contributed by atoms with Gasteiger partial charge < -0.3 is 9.64 Å². The number of hydrogen-bond donors (Lipinski definition) is 0. The fraction of sp³-hybridized carbons (Fsp3) is 1.00. The van der Waals surface area contributed by atoms with Crippen LogP contribution < -0.4 is 0 Å². The maximum atomic E-state index is 11.5. The smallest absolute Gasteiger partial charge is 0.211 e. The first-order chi connectivity index (χ1) is 9.47. The summed E-state index contributed by atoms with van der Waals surface area (Å²) >= 11 is 0. The summed E-state index contributed by atoms with van der Waals surface area (Å²) in [6.07, 6.45) is 3.18. The van der Waals surface area contributed by atoms with Crippen molar-refractivity contribution in [3.8, 4) is 0 Å². The number of ether oxygens (including phenoxy) is 1. The molecule has 2 saturated heterocycles. The molecule has 0 bridgehead atoms. The molecule has 0 aromatic rings. The van der Waals surface area contributed by atoms with E-state index in [1.54, 1.807) is 4.31 Å². The molecule has 6 nitrogen and oxygen atoms in total. The molecule has 0 radical (unpaired) electrons. The van der Waals surface area contributed by atoms with Crippen molar-refractivity contribution in [3.63, 3.8) is 0 Å². The fourth-order valence-electron chi connectivity index (χ4n) is 2.92. The molecular formula is C13H27N3O3S. The Hall–Kier alpha value is -0.210. The Morgan fingerprint density at radius 3 is 2.30 bits per heavy atom. The molecule has 0 aliphatic carbocycles. The van der Waals surface area contributed by atoms with Crippen molar-refractivity contribution in [1.82, 2.24) is 14.1 Å². The largest absolute Gasteiger partial charge is 0.379 e. The molecule has 2 aliphatic heterocycles. The first-order valence-corrected chi connectivity index (χ1v) is 9.27. The van der Waals surface area contributed by atoms with Crippen molar-refractivity contribution in [3.05, 3.63) is 0 Å². The Balaban J connectivity index is 1.70. The van der Waals surface area contributed by atoms with Gasteiger partial charge in [-0.3, -0.25) is 4.90 Å². The van der Waals surface area contributed by atoms with E-state index in [4.69, 9.17) is 4.74 Å². The van der Waals surface area contributed by atoms with Gasteiger partial charge in [-0.1, -0.05) is 0 Å². The highest BCUT2D eigenvalue weighted by Gasteiger charge is 2.27. The van der Waals surface area contributed by atoms with Gasteiger partial charge in [-0.2, -0.15) is 0 Å². The monoisotopic (exact) mass is 305 g/mol. The Morgan fingerprint density at radius 2 is 1.75 bits per heavy atom. The third kappa shape index (κ3) is 4.66. The zero-order valence-corrected chi connectivity index (χ0v) is 13.4. The summed E-state index contributed by atoms with van der Waals surface area (Å²) in [5, 5.41) is 0. The zero-order valence-electron chi connectivity index (χ0n) is 12.6. The summed E-state index contributed by atoms with van der Waals surface area (Å²) < 4.78 is 29.9. The maximum Gasteiger partial charge on any atom is 0.211 e. The lowest BCUT2D eigenvalue weighted by Crippen LogP contribution is -2.47. The van der Waals surface area contributed by atoms with Crippen LogP contribution in [0.4, 0.5) is 0 Å². The topological polar surface area (TPSA) is 53.1 Å². The van der Waals surface area contributed by atoms with Crippen LogP contribution in [0.15, 0.2) is 0 Å². The van der Waals surface area contributed by atoms with E-state index in [1.807, 2.05) is 0 Å². The molecule has 0 saturated carbocycles. The molecule has 0 unspecified atom stereocenters. The van der Waals surface area contributed by atoms with Crippen molar-refractivity contribution >= 4 is 10.0 Å². The summed E-state index contributed by atoms with van der Waals surface area (Å²) in [6, 6.07) is 0.508. The molecule has 0 aromatic heterocycles. The molecule has 2 rings (SSSR count). The highest BCUT2D eigenvalue weighted by molar-refractivity contribution is 7.88. The molecule has 2 heterocycles. The van der Waals surface area contributed by atoms with E-state index < -0.39 is 10.0 Å². The van der Waals surface area contributed by atoms with Crippen LogP contribution in [-0.4, -0.2) is 94.4 Å². The summed E-state index contributed by atoms with van der Waals surface area (Å²) in [7, 11) is -0.858. The lowest BCUT2D eigenvalue weighted by molar-refractivity contribution is 0.0312. The molecule has 0 amide bonds. The number of hydrogen-bond acceptors (Lipinski definition) is 5. The molecule has 2 aliphatic rings. The Kier molecular flexibility index (Phi) is 5.80. The second kappa shape index (κ2) is 7.17. The highest BCUT2D eigenvalue weighted by Crippen LogP contribution is 2.17. The van der Waals surface area contributed by atoms with Gasteiger partial charge in [0.05, 0.1) is 19.5 Å². The minimum atomic E-state index is -3.01. The van der Waals surface area contributed by atoms with Crippen molar-refractivity contribution in [2.45, 2.75) is 18.9 Å². The quantitative estimate of drug-likeness (QED) is 0.696. The van der Waals surface area contributed by atoms with E-state index in [9.17, 15) is 8.42 Å². The number of sulfonamides is 1. The van der Waals surface area contributed by atoms with Crippen LogP contribution in [0.3, 0.4) is 0 Å². The van der Waals surface area contributed by atoms with Gasteiger partial charge in [0.2, 0.25) is 10.0 Å². The Labute approximate surface area is 122 Å². The van der Waals surface area contributed by atoms with E-state index in [0.717, 1.165) is 52.2 Å². The first kappa shape index (κ1) is 16.2. The van der Waals surface area contributed by atoms with Crippen LogP contribution in [-0.2, 0) is 14.8 Å². The lowest BCUT2D eigenvalue weighted by Gasteiger charge is -2.37. The highest BCUT2D eigenvalue weighted by atomic mass is 32.2. The van der Waals surface area contributed by atoms with E-state index in [1.165, 1.54) is 6.26 Å². The third-order valence-corrected chi connectivity index (χ3v) is 5.69. The van der Waals surface area contributed by atoms with Crippen molar-refractivity contribution in [1.29, 1.82) is 0 Å². The minimum absolute atomic E-state index is 0.508. The van der Waals surface area contributed by atoms with Gasteiger partial charge >= 0.3 is 0 Å². The van der Waals surface area contributed by atoms with Crippen LogP contribution >= 0.6 is 0 Å². The molecule has 0 aromatic carbocycles. The van der Waals surface area contributed by atoms with Crippen molar-refractivity contribution in [2.24, 2.45) is 0 Å². The first-order valence-electron chi connectivity index (χ1n) is 7.42. The lowest BCUT2D eigenvalue weighted by atomic mass is 10.1. The predicted octanol–water partition coefficient (Wildman–Crippen LogP) is -0.326. The van der Waals surface area contributed by atoms with Gasteiger partial charge in [0.15, 0.2) is 0 Å². The summed E-state index contributed by atoms with van der Waals surface area (Å²) in [5.41, 5.74) is 0. The third-order valence-electron chi connectivity index (χ3n) is 4.39. The molecule has 118 valence electrons. The SMILES string of the molecule is CN(CCN1CCOCC1)C1CCN(S(C)(=O)=O)CC1. The van der Waals surface area contributed by atoms with E-state index in [-0.39, 0.29) is 0 Å². The summed E-state index contributed by atoms with van der Waals surface area (Å²) in [4.78, 5) is 4.82. The molecule has 20 heavy (non-hydrogen) atoms. The summed E-state index contributed by atoms with van der Waals surface area (Å²) in [5.74, 6) is 0. The van der Waals surface area contributed by atoms with Crippen LogP contribution in [0.1, 0.15) is 12.8 Å². The Bertz CT molecular complexity index is 388. The number of likely N-dealkylation sites (N-methyl/N-ethyl adjacent to an activating group) is 1. The Morgan fingerprint density at radius 1 is 1.15 bits per heavy atom. The zero-order chi connectivity index (χ0) is 14.6. The minimum Gasteiger partial charge on any atom is -0.379 e. The van der Waals surface area contributed by atoms with E-state index >= 15 is 0 Å². The number of nitrogens with zero attached hydrogens (tertiary/aromatic N) is 3. The van der Waals surface area contributed by atoms with Gasteiger partial charge in [0.1, 0.15) is 0 Å². The van der Waals surface area contributed by atoms with E-state index in [2.05, 4.69) is 16.8 Å². The van der Waals surface area contributed by atoms with Crippen LogP contribution in [0.5, 0.6) is 0 Å². The molecule has 0 N–H and O–H groups in total. The average molecular weight is 305 g/mol. The van der Waals surface area contributed by atoms with Crippen molar-refractivity contribution < 1.29 is 13.2 Å². The van der Waals surface area contributed by atoms with Gasteiger partial charge in [0.25, 0.3) is 0 Å². The standard InChI is InChI=1S/C13H27N3O3S/c1-14(7-8-15-9-11-19-12-10-15)13-3-5-16(6-4-13)20(2,17)18/h13H,3-12H2,1-2H3. The molecule has 2 fully saturated rings. The van der Waals surface area contributed by atoms with Crippen LogP contribution in [0.2, 0.25) is 0 Å². The number of rotatable bonds is 5. The molecular weight excluding hydrogens is 278 g/mol. The van der Waals surface area contributed by atoms with Crippen LogP contribution in [0, 0.1) is 0 Å². The summed E-state index contributed by atoms with van der Waals surface area (Å²) in [6.45, 7) is 7.18. The van der Waals surface area contributed by atoms with Crippen LogP contribution in [0.25, 0.3) is 0 Å². The number of piperidine rings is 1. The maximum absolute atomic E-state index is 11.5. The normalized spacial score (nSPS) is 24.4. The molecule has 0 atom stereocenters. The second-order valence-electron chi connectivity index (χ2n) is 5.83. The fourth-order valence-corrected chi connectivity index (χ4v) is 3.80. The van der Waals surface area contributed by atoms with Gasteiger partial charge in [-0.05, 0) is 19.9 Å². The predicted molar refractivity (Wildman–Crippen MR) is 79.3 cm³/mol. The molecule has 0 spiro atoms.